The van der Waals surface area contributed by atoms with E-state index in [-0.39, 0.29) is 5.91 Å². The van der Waals surface area contributed by atoms with E-state index in [1.807, 2.05) is 65.3 Å². The van der Waals surface area contributed by atoms with Gasteiger partial charge in [0, 0.05) is 49.7 Å². The molecular weight excluding hydrogens is 362 g/mol. The molecular formula is C24H25N3O2. The Morgan fingerprint density at radius 3 is 2.62 bits per heavy atom. The number of carbonyl (C=O) groups excluding carboxylic acids is 1. The van der Waals surface area contributed by atoms with Crippen LogP contribution >= 0.6 is 0 Å². The average Bonchev–Trinajstić information content (AvgIpc) is 3.17. The number of aromatic nitrogens is 2. The van der Waals surface area contributed by atoms with Gasteiger partial charge in [0.1, 0.15) is 11.4 Å². The summed E-state index contributed by atoms with van der Waals surface area (Å²) in [4.78, 5) is 15.1. The number of hydrogen-bond acceptors (Lipinski definition) is 3. The van der Waals surface area contributed by atoms with Crippen LogP contribution in [0, 0.1) is 0 Å². The van der Waals surface area contributed by atoms with Crippen LogP contribution in [0.5, 0.6) is 5.75 Å². The van der Waals surface area contributed by atoms with Gasteiger partial charge in [0.15, 0.2) is 0 Å². The third kappa shape index (κ3) is 2.76. The molecule has 1 aromatic heterocycles. The van der Waals surface area contributed by atoms with Crippen molar-refractivity contribution in [1.82, 2.24) is 14.7 Å². The number of nitrogens with zero attached hydrogens (tertiary/aromatic N) is 3. The smallest absolute Gasteiger partial charge is 0.254 e. The second-order valence-corrected chi connectivity index (χ2v) is 7.93. The van der Waals surface area contributed by atoms with Crippen molar-refractivity contribution in [3.63, 3.8) is 0 Å². The molecule has 1 spiro atoms. The maximum Gasteiger partial charge on any atom is 0.254 e. The summed E-state index contributed by atoms with van der Waals surface area (Å²) in [5, 5.41) is 4.53. The molecule has 3 heterocycles. The number of benzene rings is 2. The van der Waals surface area contributed by atoms with Gasteiger partial charge in [-0.2, -0.15) is 5.10 Å². The number of ether oxygens (including phenoxy) is 1. The fourth-order valence-electron chi connectivity index (χ4n) is 4.76. The van der Waals surface area contributed by atoms with Crippen LogP contribution in [0.4, 0.5) is 0 Å². The fourth-order valence-corrected chi connectivity index (χ4v) is 4.76. The number of para-hydroxylation sites is 1. The monoisotopic (exact) mass is 387 g/mol. The molecule has 29 heavy (non-hydrogen) atoms. The Bertz CT molecular complexity index is 1080. The molecule has 5 nitrogen and oxygen atoms in total. The number of likely N-dealkylation sites (tertiary alicyclic amines) is 1. The van der Waals surface area contributed by atoms with E-state index in [9.17, 15) is 4.79 Å². The van der Waals surface area contributed by atoms with E-state index in [0.717, 1.165) is 53.0 Å². The third-order valence-corrected chi connectivity index (χ3v) is 6.36. The lowest BCUT2D eigenvalue weighted by molar-refractivity contribution is -0.00175. The van der Waals surface area contributed by atoms with Gasteiger partial charge in [-0.15, -0.1) is 0 Å². The Hall–Kier alpha value is -3.08. The number of hydrogen-bond donors (Lipinski definition) is 0. The van der Waals surface area contributed by atoms with Gasteiger partial charge >= 0.3 is 0 Å². The second-order valence-electron chi connectivity index (χ2n) is 7.93. The number of piperidine rings is 1. The highest BCUT2D eigenvalue weighted by Gasteiger charge is 2.45. The maximum atomic E-state index is 13.2. The predicted molar refractivity (Wildman–Crippen MR) is 112 cm³/mol. The summed E-state index contributed by atoms with van der Waals surface area (Å²) in [5.74, 6) is 1.03. The summed E-state index contributed by atoms with van der Waals surface area (Å²) in [5.41, 5.74) is 4.86. The van der Waals surface area contributed by atoms with Gasteiger partial charge in [-0.05, 0) is 30.2 Å². The van der Waals surface area contributed by atoms with Crippen molar-refractivity contribution in [3.8, 4) is 17.0 Å². The summed E-state index contributed by atoms with van der Waals surface area (Å²) in [6.45, 7) is 3.44. The van der Waals surface area contributed by atoms with Crippen LogP contribution < -0.4 is 4.74 Å². The van der Waals surface area contributed by atoms with Crippen LogP contribution in [0.1, 0.15) is 41.3 Å². The minimum atomic E-state index is -0.418. The van der Waals surface area contributed by atoms with Crippen LogP contribution in [-0.4, -0.2) is 33.7 Å². The molecule has 0 unspecified atom stereocenters. The number of rotatable bonds is 2. The van der Waals surface area contributed by atoms with Crippen LogP contribution in [0.3, 0.4) is 0 Å². The first-order valence-electron chi connectivity index (χ1n) is 10.3. The minimum absolute atomic E-state index is 0.125. The number of fused-ring (bicyclic) bond motifs is 4. The molecule has 0 saturated carbocycles. The summed E-state index contributed by atoms with van der Waals surface area (Å²) >= 11 is 0. The maximum absolute atomic E-state index is 13.2. The molecule has 2 aromatic carbocycles. The summed E-state index contributed by atoms with van der Waals surface area (Å²) in [6.07, 6.45) is 4.33. The van der Waals surface area contributed by atoms with Crippen molar-refractivity contribution in [2.24, 2.45) is 7.05 Å². The molecule has 5 rings (SSSR count). The van der Waals surface area contributed by atoms with E-state index in [1.54, 1.807) is 0 Å². The Labute approximate surface area is 170 Å². The van der Waals surface area contributed by atoms with Gasteiger partial charge in [0.25, 0.3) is 5.91 Å². The highest BCUT2D eigenvalue weighted by Crippen LogP contribution is 2.49. The lowest BCUT2D eigenvalue weighted by Crippen LogP contribution is -2.49. The van der Waals surface area contributed by atoms with E-state index >= 15 is 0 Å². The van der Waals surface area contributed by atoms with Crippen molar-refractivity contribution in [1.29, 1.82) is 0 Å². The van der Waals surface area contributed by atoms with Gasteiger partial charge in [-0.1, -0.05) is 37.3 Å². The van der Waals surface area contributed by atoms with E-state index in [1.165, 1.54) is 0 Å². The molecule has 1 saturated heterocycles. The lowest BCUT2D eigenvalue weighted by atomic mass is 9.81. The molecule has 2 aliphatic heterocycles. The van der Waals surface area contributed by atoms with Gasteiger partial charge in [-0.3, -0.25) is 9.48 Å². The fraction of sp³-hybridized carbons (Fsp3) is 0.333. The first kappa shape index (κ1) is 18.0. The van der Waals surface area contributed by atoms with Crippen LogP contribution in [0.2, 0.25) is 0 Å². The molecule has 1 fully saturated rings. The zero-order chi connectivity index (χ0) is 20.0. The molecule has 1 amide bonds. The minimum Gasteiger partial charge on any atom is -0.482 e. The first-order chi connectivity index (χ1) is 14.1. The molecule has 0 radical (unpaired) electrons. The van der Waals surface area contributed by atoms with Gasteiger partial charge < -0.3 is 9.64 Å². The van der Waals surface area contributed by atoms with E-state index in [4.69, 9.17) is 4.74 Å². The van der Waals surface area contributed by atoms with Crippen molar-refractivity contribution in [2.75, 3.05) is 13.1 Å². The zero-order valence-corrected chi connectivity index (χ0v) is 16.9. The SMILES string of the molecule is CCc1ccccc1C(=O)N1CCC2(CC1)Oc1ccccc1-c1c2cnn1C. The number of aryl methyl sites for hydroxylation is 2. The standard InChI is InChI=1S/C24H25N3O2/c1-3-17-8-4-5-9-18(17)23(28)27-14-12-24(13-15-27)20-16-25-26(2)22(20)19-10-6-7-11-21(19)29-24/h4-11,16H,3,12-15H2,1-2H3. The van der Waals surface area contributed by atoms with Crippen molar-refractivity contribution in [3.05, 3.63) is 71.4 Å². The van der Waals surface area contributed by atoms with Crippen molar-refractivity contribution < 1.29 is 9.53 Å². The number of amides is 1. The highest BCUT2D eigenvalue weighted by atomic mass is 16.5. The highest BCUT2D eigenvalue weighted by molar-refractivity contribution is 5.95. The van der Waals surface area contributed by atoms with E-state index < -0.39 is 5.60 Å². The molecule has 5 heteroatoms. The second kappa shape index (κ2) is 6.76. The third-order valence-electron chi connectivity index (χ3n) is 6.36. The summed E-state index contributed by atoms with van der Waals surface area (Å²) in [7, 11) is 1.98. The van der Waals surface area contributed by atoms with Crippen LogP contribution in [-0.2, 0) is 19.1 Å². The molecule has 0 bridgehead atoms. The Morgan fingerprint density at radius 2 is 1.83 bits per heavy atom. The van der Waals surface area contributed by atoms with Crippen molar-refractivity contribution in [2.45, 2.75) is 31.8 Å². The molecule has 0 atom stereocenters. The van der Waals surface area contributed by atoms with E-state index in [2.05, 4.69) is 18.1 Å². The zero-order valence-electron chi connectivity index (χ0n) is 16.9. The quantitative estimate of drug-likeness (QED) is 0.663. The Balaban J connectivity index is 1.44. The van der Waals surface area contributed by atoms with Crippen LogP contribution in [0.15, 0.2) is 54.7 Å². The lowest BCUT2D eigenvalue weighted by Gasteiger charge is -2.44. The largest absolute Gasteiger partial charge is 0.482 e. The Morgan fingerprint density at radius 1 is 1.10 bits per heavy atom. The normalized spacial score (nSPS) is 16.8. The molecule has 0 aliphatic carbocycles. The van der Waals surface area contributed by atoms with Gasteiger partial charge in [0.2, 0.25) is 0 Å². The molecule has 148 valence electrons. The van der Waals surface area contributed by atoms with E-state index in [0.29, 0.717) is 13.1 Å². The predicted octanol–water partition coefficient (Wildman–Crippen LogP) is 4.17. The molecule has 0 N–H and O–H groups in total. The van der Waals surface area contributed by atoms with Crippen molar-refractivity contribution >= 4 is 5.91 Å². The van der Waals surface area contributed by atoms with Gasteiger partial charge in [-0.25, -0.2) is 0 Å². The summed E-state index contributed by atoms with van der Waals surface area (Å²) < 4.78 is 8.53. The number of carbonyl (C=O) groups is 1. The Kier molecular flexibility index (Phi) is 4.19. The van der Waals surface area contributed by atoms with Crippen LogP contribution in [0.25, 0.3) is 11.3 Å². The molecule has 2 aliphatic rings. The molecule has 3 aromatic rings. The summed E-state index contributed by atoms with van der Waals surface area (Å²) in [6, 6.07) is 16.1. The topological polar surface area (TPSA) is 47.4 Å². The van der Waals surface area contributed by atoms with Gasteiger partial charge in [0.05, 0.1) is 11.9 Å². The average molecular weight is 387 g/mol. The first-order valence-corrected chi connectivity index (χ1v) is 10.3.